The first-order chi connectivity index (χ1) is 11.0. The van der Waals surface area contributed by atoms with E-state index in [1.807, 2.05) is 0 Å². The highest BCUT2D eigenvalue weighted by molar-refractivity contribution is 7.17. The number of benzene rings is 1. The topological polar surface area (TPSA) is 55.4 Å². The molecule has 0 saturated carbocycles. The fourth-order valence-corrected chi connectivity index (χ4v) is 2.70. The normalized spacial score (nSPS) is 11.6. The Hall–Kier alpha value is -2.47. The lowest BCUT2D eigenvalue weighted by Crippen LogP contribution is -2.35. The van der Waals surface area contributed by atoms with Gasteiger partial charge >= 0.3 is 5.97 Å². The Morgan fingerprint density at radius 3 is 2.65 bits per heavy atom. The average Bonchev–Trinajstić information content (AvgIpc) is 3.03. The second-order valence-electron chi connectivity index (χ2n) is 4.75. The van der Waals surface area contributed by atoms with Crippen LogP contribution in [0.1, 0.15) is 16.6 Å². The van der Waals surface area contributed by atoms with Crippen molar-refractivity contribution < 1.29 is 18.7 Å². The maximum atomic E-state index is 12.9. The minimum atomic E-state index is -0.890. The van der Waals surface area contributed by atoms with E-state index in [1.165, 1.54) is 30.4 Å². The van der Waals surface area contributed by atoms with Crippen LogP contribution in [-0.2, 0) is 9.53 Å². The number of carbonyl (C=O) groups excluding carboxylic acids is 2. The van der Waals surface area contributed by atoms with Gasteiger partial charge in [0.2, 0.25) is 0 Å². The number of amides is 1. The minimum absolute atomic E-state index is 0.314. The molecule has 0 aliphatic rings. The Balaban J connectivity index is 2.02. The Morgan fingerprint density at radius 2 is 2.00 bits per heavy atom. The number of esters is 1. The van der Waals surface area contributed by atoms with Gasteiger partial charge in [-0.05, 0) is 36.8 Å². The number of hydrogen-bond donors (Lipinski definition) is 1. The molecule has 0 unspecified atom stereocenters. The summed E-state index contributed by atoms with van der Waals surface area (Å²) in [6.45, 7) is 5.31. The minimum Gasteiger partial charge on any atom is -0.448 e. The van der Waals surface area contributed by atoms with E-state index in [1.54, 1.807) is 30.3 Å². The number of carbonyl (C=O) groups is 2. The van der Waals surface area contributed by atoms with Crippen LogP contribution in [0.15, 0.2) is 49.1 Å². The van der Waals surface area contributed by atoms with Crippen LogP contribution in [0.2, 0.25) is 0 Å². The Kier molecular flexibility index (Phi) is 5.65. The number of thiophene rings is 1. The third-order valence-corrected chi connectivity index (χ3v) is 4.12. The van der Waals surface area contributed by atoms with Crippen LogP contribution in [0.25, 0.3) is 10.4 Å². The highest BCUT2D eigenvalue weighted by Gasteiger charge is 2.19. The maximum absolute atomic E-state index is 12.9. The molecule has 2 rings (SSSR count). The Morgan fingerprint density at radius 1 is 1.30 bits per heavy atom. The lowest BCUT2D eigenvalue weighted by molar-refractivity contribution is -0.128. The van der Waals surface area contributed by atoms with Gasteiger partial charge in [-0.2, -0.15) is 0 Å². The van der Waals surface area contributed by atoms with Gasteiger partial charge in [0.15, 0.2) is 6.10 Å². The van der Waals surface area contributed by atoms with E-state index in [0.717, 1.165) is 10.4 Å². The van der Waals surface area contributed by atoms with Gasteiger partial charge in [-0.25, -0.2) is 9.18 Å². The van der Waals surface area contributed by atoms with E-state index < -0.39 is 12.1 Å². The molecule has 1 aromatic carbocycles. The SMILES string of the molecule is C=CCNC(=O)[C@@H](C)OC(=O)c1ccc(-c2ccc(F)cc2)s1. The molecule has 23 heavy (non-hydrogen) atoms. The van der Waals surface area contributed by atoms with Gasteiger partial charge in [0, 0.05) is 11.4 Å². The quantitative estimate of drug-likeness (QED) is 0.651. The molecule has 0 aliphatic carbocycles. The molecule has 4 nitrogen and oxygen atoms in total. The number of rotatable bonds is 6. The summed E-state index contributed by atoms with van der Waals surface area (Å²) in [4.78, 5) is 24.9. The van der Waals surface area contributed by atoms with Crippen LogP contribution >= 0.6 is 11.3 Å². The van der Waals surface area contributed by atoms with Crippen molar-refractivity contribution in [1.82, 2.24) is 5.32 Å². The van der Waals surface area contributed by atoms with E-state index in [0.29, 0.717) is 11.4 Å². The zero-order chi connectivity index (χ0) is 16.8. The summed E-state index contributed by atoms with van der Waals surface area (Å²) in [5, 5.41) is 2.56. The van der Waals surface area contributed by atoms with Crippen LogP contribution in [0.4, 0.5) is 4.39 Å². The summed E-state index contributed by atoms with van der Waals surface area (Å²) in [7, 11) is 0. The number of ether oxygens (including phenoxy) is 1. The van der Waals surface area contributed by atoms with Gasteiger partial charge in [-0.1, -0.05) is 18.2 Å². The van der Waals surface area contributed by atoms with Crippen LogP contribution in [0.3, 0.4) is 0 Å². The van der Waals surface area contributed by atoms with Gasteiger partial charge < -0.3 is 10.1 Å². The summed E-state index contributed by atoms with van der Waals surface area (Å²) < 4.78 is 18.1. The van der Waals surface area contributed by atoms with Crippen molar-refractivity contribution in [2.45, 2.75) is 13.0 Å². The fraction of sp³-hybridized carbons (Fsp3) is 0.176. The second kappa shape index (κ2) is 7.69. The first-order valence-electron chi connectivity index (χ1n) is 6.96. The molecule has 1 heterocycles. The molecule has 0 bridgehead atoms. The molecule has 0 aliphatic heterocycles. The molecule has 1 aromatic heterocycles. The fourth-order valence-electron chi connectivity index (χ4n) is 1.81. The molecular weight excluding hydrogens is 317 g/mol. The summed E-state index contributed by atoms with van der Waals surface area (Å²) in [5.41, 5.74) is 0.812. The predicted octanol–water partition coefficient (Wildman–Crippen LogP) is 3.40. The zero-order valence-corrected chi connectivity index (χ0v) is 13.4. The summed E-state index contributed by atoms with van der Waals surface area (Å²) in [5.74, 6) is -1.26. The first kappa shape index (κ1) is 16.9. The van der Waals surface area contributed by atoms with Gasteiger partial charge in [-0.3, -0.25) is 4.79 Å². The highest BCUT2D eigenvalue weighted by atomic mass is 32.1. The molecule has 0 radical (unpaired) electrons. The smallest absolute Gasteiger partial charge is 0.349 e. The third kappa shape index (κ3) is 4.50. The van der Waals surface area contributed by atoms with Crippen LogP contribution in [-0.4, -0.2) is 24.5 Å². The molecule has 0 saturated heterocycles. The molecule has 0 spiro atoms. The lowest BCUT2D eigenvalue weighted by Gasteiger charge is -2.11. The van der Waals surface area contributed by atoms with Gasteiger partial charge in [0.05, 0.1) is 0 Å². The summed E-state index contributed by atoms with van der Waals surface area (Å²) >= 11 is 1.23. The molecule has 1 amide bonds. The number of halogens is 1. The van der Waals surface area contributed by atoms with Gasteiger partial charge in [0.25, 0.3) is 5.91 Å². The summed E-state index contributed by atoms with van der Waals surface area (Å²) in [6.07, 6.45) is 0.652. The van der Waals surface area contributed by atoms with Gasteiger partial charge in [-0.15, -0.1) is 17.9 Å². The van der Waals surface area contributed by atoms with Crippen molar-refractivity contribution in [3.05, 3.63) is 59.7 Å². The molecule has 120 valence electrons. The van der Waals surface area contributed by atoms with E-state index >= 15 is 0 Å². The molecule has 2 aromatic rings. The molecule has 0 fully saturated rings. The molecule has 1 N–H and O–H groups in total. The predicted molar refractivity (Wildman–Crippen MR) is 87.8 cm³/mol. The maximum Gasteiger partial charge on any atom is 0.349 e. The molecule has 6 heteroatoms. The van der Waals surface area contributed by atoms with Crippen LogP contribution in [0, 0.1) is 5.82 Å². The van der Waals surface area contributed by atoms with E-state index in [2.05, 4.69) is 11.9 Å². The van der Waals surface area contributed by atoms with Crippen molar-refractivity contribution in [2.75, 3.05) is 6.54 Å². The monoisotopic (exact) mass is 333 g/mol. The summed E-state index contributed by atoms with van der Waals surface area (Å²) in [6, 6.07) is 9.39. The largest absolute Gasteiger partial charge is 0.448 e. The van der Waals surface area contributed by atoms with Crippen LogP contribution < -0.4 is 5.32 Å². The Bertz CT molecular complexity index is 709. The number of hydrogen-bond acceptors (Lipinski definition) is 4. The second-order valence-corrected chi connectivity index (χ2v) is 5.84. The van der Waals surface area contributed by atoms with Crippen molar-refractivity contribution in [3.63, 3.8) is 0 Å². The van der Waals surface area contributed by atoms with Crippen molar-refractivity contribution >= 4 is 23.2 Å². The van der Waals surface area contributed by atoms with Crippen LogP contribution in [0.5, 0.6) is 0 Å². The third-order valence-electron chi connectivity index (χ3n) is 3.01. The zero-order valence-electron chi connectivity index (χ0n) is 12.5. The van der Waals surface area contributed by atoms with E-state index in [-0.39, 0.29) is 11.7 Å². The van der Waals surface area contributed by atoms with Crippen molar-refractivity contribution in [1.29, 1.82) is 0 Å². The standard InChI is InChI=1S/C17H16FNO3S/c1-3-10-19-16(20)11(2)22-17(21)15-9-8-14(23-15)12-4-6-13(18)7-5-12/h3-9,11H,1,10H2,2H3,(H,19,20)/t11-/m1/s1. The molecular formula is C17H16FNO3S. The highest BCUT2D eigenvalue weighted by Crippen LogP contribution is 2.28. The Labute approximate surface area is 137 Å². The van der Waals surface area contributed by atoms with Crippen molar-refractivity contribution in [3.8, 4) is 10.4 Å². The van der Waals surface area contributed by atoms with E-state index in [4.69, 9.17) is 4.74 Å². The average molecular weight is 333 g/mol. The van der Waals surface area contributed by atoms with Crippen molar-refractivity contribution in [2.24, 2.45) is 0 Å². The lowest BCUT2D eigenvalue weighted by atomic mass is 10.2. The first-order valence-corrected chi connectivity index (χ1v) is 7.78. The van der Waals surface area contributed by atoms with E-state index in [9.17, 15) is 14.0 Å². The number of nitrogens with one attached hydrogen (secondary N) is 1. The van der Waals surface area contributed by atoms with Gasteiger partial charge in [0.1, 0.15) is 10.7 Å². The molecule has 1 atom stereocenters.